The fourth-order valence-electron chi connectivity index (χ4n) is 0.402. The maximum absolute atomic E-state index is 10.0. The van der Waals surface area contributed by atoms with E-state index in [-0.39, 0.29) is 24.8 Å². The second-order valence-electron chi connectivity index (χ2n) is 2.83. The van der Waals surface area contributed by atoms with Gasteiger partial charge >= 0.3 is 0 Å². The molecule has 8 N–H and O–H groups in total. The van der Waals surface area contributed by atoms with Gasteiger partial charge in [-0.25, -0.2) is 0 Å². The molecule has 16 heavy (non-hydrogen) atoms. The number of hydrogen-bond acceptors (Lipinski definition) is 4. The molecule has 0 aromatic heterocycles. The number of amides is 2. The van der Waals surface area contributed by atoms with Gasteiger partial charge in [0.25, 0.3) is 0 Å². The first-order chi connectivity index (χ1) is 6.36. The van der Waals surface area contributed by atoms with Crippen molar-refractivity contribution in [3.05, 3.63) is 0 Å². The molecule has 0 fully saturated rings. The Hall–Kier alpha value is -0.560. The van der Waals surface area contributed by atoms with E-state index in [4.69, 9.17) is 22.9 Å². The third-order valence-electron chi connectivity index (χ3n) is 1.61. The van der Waals surface area contributed by atoms with E-state index in [1.54, 1.807) is 0 Å². The third kappa shape index (κ3) is 15.9. The van der Waals surface area contributed by atoms with Crippen LogP contribution in [-0.4, -0.2) is 23.9 Å². The second-order valence-corrected chi connectivity index (χ2v) is 2.83. The van der Waals surface area contributed by atoms with Crippen LogP contribution in [0.3, 0.4) is 0 Å². The molecule has 8 heteroatoms. The Balaban J connectivity index is -0.0000000800. The quantitative estimate of drug-likeness (QED) is 0.537. The van der Waals surface area contributed by atoms with Crippen molar-refractivity contribution in [2.45, 2.75) is 38.8 Å². The SMILES string of the molecule is CCC(N)C(N)=O.CCC(N)C(N)=O.Cl.Cl. The smallest absolute Gasteiger partial charge is 0.234 e. The number of rotatable bonds is 4. The van der Waals surface area contributed by atoms with Crippen LogP contribution in [-0.2, 0) is 9.59 Å². The van der Waals surface area contributed by atoms with E-state index in [2.05, 4.69) is 0 Å². The minimum atomic E-state index is -0.458. The van der Waals surface area contributed by atoms with Crippen LogP contribution >= 0.6 is 24.8 Å². The largest absolute Gasteiger partial charge is 0.368 e. The van der Waals surface area contributed by atoms with Gasteiger partial charge in [0.1, 0.15) is 0 Å². The van der Waals surface area contributed by atoms with Crippen LogP contribution in [0.4, 0.5) is 0 Å². The maximum atomic E-state index is 10.0. The summed E-state index contributed by atoms with van der Waals surface area (Å²) in [4.78, 5) is 20.1. The summed E-state index contributed by atoms with van der Waals surface area (Å²) in [5.74, 6) is -0.856. The highest BCUT2D eigenvalue weighted by Crippen LogP contribution is 1.80. The first-order valence-corrected chi connectivity index (χ1v) is 4.46. The van der Waals surface area contributed by atoms with Crippen molar-refractivity contribution in [2.75, 3.05) is 0 Å². The van der Waals surface area contributed by atoms with E-state index in [1.165, 1.54) is 0 Å². The molecule has 0 rings (SSSR count). The number of hydrogen-bond donors (Lipinski definition) is 4. The van der Waals surface area contributed by atoms with E-state index in [0.29, 0.717) is 12.8 Å². The number of carbonyl (C=O) groups is 2. The lowest BCUT2D eigenvalue weighted by Gasteiger charge is -1.98. The van der Waals surface area contributed by atoms with Crippen LogP contribution in [0.2, 0.25) is 0 Å². The van der Waals surface area contributed by atoms with E-state index < -0.39 is 23.9 Å². The van der Waals surface area contributed by atoms with Crippen molar-refractivity contribution in [1.82, 2.24) is 0 Å². The fraction of sp³-hybridized carbons (Fsp3) is 0.750. The molecule has 0 saturated carbocycles. The molecule has 0 aliphatic rings. The van der Waals surface area contributed by atoms with Crippen molar-refractivity contribution in [1.29, 1.82) is 0 Å². The van der Waals surface area contributed by atoms with Crippen LogP contribution in [0, 0.1) is 0 Å². The van der Waals surface area contributed by atoms with Gasteiger partial charge in [0.05, 0.1) is 12.1 Å². The average Bonchev–Trinajstić information content (AvgIpc) is 2.15. The second kappa shape index (κ2) is 14.4. The van der Waals surface area contributed by atoms with E-state index in [9.17, 15) is 9.59 Å². The Kier molecular flexibility index (Phi) is 22.2. The van der Waals surface area contributed by atoms with Gasteiger partial charge in [0.2, 0.25) is 11.8 Å². The van der Waals surface area contributed by atoms with Gasteiger partial charge in [-0.2, -0.15) is 0 Å². The van der Waals surface area contributed by atoms with Crippen molar-refractivity contribution >= 4 is 36.6 Å². The monoisotopic (exact) mass is 276 g/mol. The van der Waals surface area contributed by atoms with Crippen LogP contribution in [0.1, 0.15) is 26.7 Å². The Bertz CT molecular complexity index is 173. The first-order valence-electron chi connectivity index (χ1n) is 4.46. The molecular formula is C8H22Cl2N4O2. The summed E-state index contributed by atoms with van der Waals surface area (Å²) >= 11 is 0. The topological polar surface area (TPSA) is 138 Å². The Morgan fingerprint density at radius 3 is 1.06 bits per heavy atom. The van der Waals surface area contributed by atoms with Gasteiger partial charge in [0.15, 0.2) is 0 Å². The summed E-state index contributed by atoms with van der Waals surface area (Å²) in [6.45, 7) is 3.63. The molecule has 0 aliphatic heterocycles. The summed E-state index contributed by atoms with van der Waals surface area (Å²) in [6, 6.07) is -0.917. The van der Waals surface area contributed by atoms with E-state index in [1.807, 2.05) is 13.8 Å². The van der Waals surface area contributed by atoms with Crippen molar-refractivity contribution < 1.29 is 9.59 Å². The summed E-state index contributed by atoms with van der Waals surface area (Å²) in [6.07, 6.45) is 1.24. The molecule has 0 radical (unpaired) electrons. The molecule has 0 aliphatic carbocycles. The Morgan fingerprint density at radius 1 is 0.875 bits per heavy atom. The van der Waals surface area contributed by atoms with E-state index >= 15 is 0 Å². The van der Waals surface area contributed by atoms with Crippen molar-refractivity contribution in [2.24, 2.45) is 22.9 Å². The Morgan fingerprint density at radius 2 is 1.06 bits per heavy atom. The summed E-state index contributed by atoms with van der Waals surface area (Å²) < 4.78 is 0. The lowest BCUT2D eigenvalue weighted by Crippen LogP contribution is -2.35. The normalized spacial score (nSPS) is 11.8. The zero-order valence-corrected chi connectivity index (χ0v) is 11.1. The highest BCUT2D eigenvalue weighted by Gasteiger charge is 2.03. The minimum absolute atomic E-state index is 0. The lowest BCUT2D eigenvalue weighted by molar-refractivity contribution is -0.120. The van der Waals surface area contributed by atoms with Gasteiger partial charge in [-0.05, 0) is 12.8 Å². The number of nitrogens with two attached hydrogens (primary N) is 4. The Labute approximate surface area is 108 Å². The molecule has 0 bridgehead atoms. The van der Waals surface area contributed by atoms with Crippen LogP contribution in [0.5, 0.6) is 0 Å². The maximum Gasteiger partial charge on any atom is 0.234 e. The van der Waals surface area contributed by atoms with Gasteiger partial charge in [-0.3, -0.25) is 9.59 Å². The third-order valence-corrected chi connectivity index (χ3v) is 1.61. The number of halogens is 2. The average molecular weight is 277 g/mol. The first kappa shape index (κ1) is 24.6. The molecule has 2 unspecified atom stereocenters. The summed E-state index contributed by atoms with van der Waals surface area (Å²) in [5.41, 5.74) is 19.8. The fourth-order valence-corrected chi connectivity index (χ4v) is 0.402. The van der Waals surface area contributed by atoms with Crippen molar-refractivity contribution in [3.8, 4) is 0 Å². The highest BCUT2D eigenvalue weighted by molar-refractivity contribution is 5.85. The predicted octanol–water partition coefficient (Wildman–Crippen LogP) is -0.738. The molecule has 0 aromatic rings. The summed E-state index contributed by atoms with van der Waals surface area (Å²) in [5, 5.41) is 0. The van der Waals surface area contributed by atoms with Gasteiger partial charge < -0.3 is 22.9 Å². The molecular weight excluding hydrogens is 255 g/mol. The van der Waals surface area contributed by atoms with Gasteiger partial charge in [-0.15, -0.1) is 24.8 Å². The molecule has 100 valence electrons. The van der Waals surface area contributed by atoms with Gasteiger partial charge in [-0.1, -0.05) is 13.8 Å². The van der Waals surface area contributed by atoms with Gasteiger partial charge in [0, 0.05) is 0 Å². The molecule has 0 aromatic carbocycles. The van der Waals surface area contributed by atoms with Crippen LogP contribution in [0.25, 0.3) is 0 Å². The number of carbonyl (C=O) groups excluding carboxylic acids is 2. The zero-order chi connectivity index (χ0) is 11.7. The highest BCUT2D eigenvalue weighted by atomic mass is 35.5. The van der Waals surface area contributed by atoms with Crippen LogP contribution in [0.15, 0.2) is 0 Å². The predicted molar refractivity (Wildman–Crippen MR) is 69.4 cm³/mol. The zero-order valence-electron chi connectivity index (χ0n) is 9.51. The lowest BCUT2D eigenvalue weighted by atomic mass is 10.2. The minimum Gasteiger partial charge on any atom is -0.368 e. The van der Waals surface area contributed by atoms with Crippen LogP contribution < -0.4 is 22.9 Å². The molecule has 2 atom stereocenters. The standard InChI is InChI=1S/2C4H10N2O.2ClH/c2*1-2-3(5)4(6)7;;/h2*3H,2,5H2,1H3,(H2,6,7);2*1H. The van der Waals surface area contributed by atoms with E-state index in [0.717, 1.165) is 0 Å². The molecule has 0 saturated heterocycles. The number of primary amides is 2. The molecule has 0 spiro atoms. The summed E-state index contributed by atoms with van der Waals surface area (Å²) in [7, 11) is 0. The molecule has 6 nitrogen and oxygen atoms in total. The molecule has 2 amide bonds. The molecule has 0 heterocycles. The van der Waals surface area contributed by atoms with Crippen molar-refractivity contribution in [3.63, 3.8) is 0 Å².